The minimum absolute atomic E-state index is 0.118. The predicted octanol–water partition coefficient (Wildman–Crippen LogP) is 1.45. The van der Waals surface area contributed by atoms with E-state index in [2.05, 4.69) is 11.4 Å². The molecule has 1 rings (SSSR count). The fourth-order valence-corrected chi connectivity index (χ4v) is 0.881. The summed E-state index contributed by atoms with van der Waals surface area (Å²) in [5.74, 6) is 0.525. The summed E-state index contributed by atoms with van der Waals surface area (Å²) in [6, 6.07) is 7.98. The number of hydrogen-bond donors (Lipinski definition) is 1. The van der Waals surface area contributed by atoms with Gasteiger partial charge >= 0.3 is 0 Å². The monoisotopic (exact) mass is 164 g/mol. The van der Waals surface area contributed by atoms with E-state index in [1.54, 1.807) is 25.3 Å². The van der Waals surface area contributed by atoms with E-state index < -0.39 is 0 Å². The summed E-state index contributed by atoms with van der Waals surface area (Å²) in [6.45, 7) is 1.45. The van der Waals surface area contributed by atoms with Crippen molar-refractivity contribution in [1.29, 1.82) is 0 Å². The second-order valence-electron chi connectivity index (χ2n) is 2.31. The highest BCUT2D eigenvalue weighted by atomic mass is 16.5. The summed E-state index contributed by atoms with van der Waals surface area (Å²) in [7, 11) is 1.56. The highest BCUT2D eigenvalue weighted by Gasteiger charge is 2.01. The van der Waals surface area contributed by atoms with E-state index in [9.17, 15) is 4.79 Å². The van der Waals surface area contributed by atoms with Crippen LogP contribution >= 0.6 is 0 Å². The quantitative estimate of drug-likeness (QED) is 0.718. The lowest BCUT2D eigenvalue weighted by Crippen LogP contribution is -2.06. The minimum Gasteiger partial charge on any atom is -0.495 e. The molecule has 0 unspecified atom stereocenters. The molecule has 0 saturated heterocycles. The Morgan fingerprint density at radius 2 is 2.42 bits per heavy atom. The summed E-state index contributed by atoms with van der Waals surface area (Å²) in [5, 5.41) is 2.63. The van der Waals surface area contributed by atoms with Crippen LogP contribution in [0.3, 0.4) is 0 Å². The van der Waals surface area contributed by atoms with Gasteiger partial charge in [0.1, 0.15) is 5.75 Å². The molecule has 0 saturated carbocycles. The Morgan fingerprint density at radius 1 is 1.67 bits per heavy atom. The third kappa shape index (κ3) is 1.99. The zero-order valence-corrected chi connectivity index (χ0v) is 7.05. The van der Waals surface area contributed by atoms with Crippen LogP contribution in [0.15, 0.2) is 18.2 Å². The summed E-state index contributed by atoms with van der Waals surface area (Å²) in [6.07, 6.45) is 0. The Hall–Kier alpha value is -1.51. The third-order valence-electron chi connectivity index (χ3n) is 1.35. The van der Waals surface area contributed by atoms with E-state index in [4.69, 9.17) is 4.74 Å². The van der Waals surface area contributed by atoms with Gasteiger partial charge in [0, 0.05) is 6.92 Å². The summed E-state index contributed by atoms with van der Waals surface area (Å²) in [4.78, 5) is 10.7. The van der Waals surface area contributed by atoms with Crippen LogP contribution in [0.4, 0.5) is 5.69 Å². The van der Waals surface area contributed by atoms with Gasteiger partial charge in [0.25, 0.3) is 0 Å². The highest BCUT2D eigenvalue weighted by molar-refractivity contribution is 5.90. The lowest BCUT2D eigenvalue weighted by Gasteiger charge is -2.06. The van der Waals surface area contributed by atoms with Crippen molar-refractivity contribution in [3.05, 3.63) is 24.3 Å². The topological polar surface area (TPSA) is 38.3 Å². The zero-order valence-electron chi connectivity index (χ0n) is 7.05. The van der Waals surface area contributed by atoms with Crippen molar-refractivity contribution in [3.8, 4) is 5.75 Å². The number of anilines is 1. The van der Waals surface area contributed by atoms with Crippen LogP contribution in [-0.4, -0.2) is 13.0 Å². The molecular formula is C9H10NO2. The standard InChI is InChI=1S/C9H10NO2/c1-7(11)10-8-5-3-4-6-9(8)12-2/h4-6H,1-2H3,(H,10,11). The molecule has 0 spiro atoms. The van der Waals surface area contributed by atoms with Crippen LogP contribution in [0, 0.1) is 6.07 Å². The first-order valence-corrected chi connectivity index (χ1v) is 3.55. The number of carbonyl (C=O) groups excluding carboxylic acids is 1. The smallest absolute Gasteiger partial charge is 0.221 e. The molecule has 12 heavy (non-hydrogen) atoms. The third-order valence-corrected chi connectivity index (χ3v) is 1.35. The van der Waals surface area contributed by atoms with Crippen LogP contribution in [0.5, 0.6) is 5.75 Å². The van der Waals surface area contributed by atoms with Crippen molar-refractivity contribution >= 4 is 11.6 Å². The maximum Gasteiger partial charge on any atom is 0.221 e. The van der Waals surface area contributed by atoms with Gasteiger partial charge in [-0.2, -0.15) is 0 Å². The number of nitrogens with one attached hydrogen (secondary N) is 1. The average Bonchev–Trinajstić information content (AvgIpc) is 2.04. The van der Waals surface area contributed by atoms with Crippen molar-refractivity contribution in [3.63, 3.8) is 0 Å². The summed E-state index contributed by atoms with van der Waals surface area (Å²) < 4.78 is 5.01. The van der Waals surface area contributed by atoms with Gasteiger partial charge in [-0.15, -0.1) is 0 Å². The van der Waals surface area contributed by atoms with Crippen molar-refractivity contribution in [2.75, 3.05) is 12.4 Å². The number of methoxy groups -OCH3 is 1. The molecule has 0 bridgehead atoms. The zero-order chi connectivity index (χ0) is 8.97. The molecule has 0 aromatic heterocycles. The van der Waals surface area contributed by atoms with Crippen molar-refractivity contribution in [2.24, 2.45) is 0 Å². The molecule has 3 heteroatoms. The molecule has 3 nitrogen and oxygen atoms in total. The molecule has 0 aliphatic heterocycles. The minimum atomic E-state index is -0.118. The highest BCUT2D eigenvalue weighted by Crippen LogP contribution is 2.22. The molecule has 1 N–H and O–H groups in total. The Morgan fingerprint density at radius 3 is 3.00 bits per heavy atom. The van der Waals surface area contributed by atoms with Crippen LogP contribution in [-0.2, 0) is 4.79 Å². The van der Waals surface area contributed by atoms with Crippen molar-refractivity contribution in [1.82, 2.24) is 0 Å². The Kier molecular flexibility index (Phi) is 2.69. The number of hydrogen-bond acceptors (Lipinski definition) is 2. The molecule has 0 atom stereocenters. The van der Waals surface area contributed by atoms with E-state index in [1.165, 1.54) is 6.92 Å². The second kappa shape index (κ2) is 3.76. The average molecular weight is 164 g/mol. The largest absolute Gasteiger partial charge is 0.495 e. The molecule has 1 amide bonds. The first kappa shape index (κ1) is 8.59. The molecule has 1 aromatic carbocycles. The predicted molar refractivity (Wildman–Crippen MR) is 46.1 cm³/mol. The Bertz CT molecular complexity index is 284. The fourth-order valence-electron chi connectivity index (χ4n) is 0.881. The van der Waals surface area contributed by atoms with Gasteiger partial charge in [-0.1, -0.05) is 6.07 Å². The Balaban J connectivity index is 2.89. The Labute approximate surface area is 71.4 Å². The number of benzene rings is 1. The van der Waals surface area contributed by atoms with Crippen LogP contribution in [0.25, 0.3) is 0 Å². The fraction of sp³-hybridized carbons (Fsp3) is 0.222. The first-order valence-electron chi connectivity index (χ1n) is 3.55. The molecular weight excluding hydrogens is 154 g/mol. The molecule has 0 heterocycles. The maximum absolute atomic E-state index is 10.7. The first-order chi connectivity index (χ1) is 5.74. The summed E-state index contributed by atoms with van der Waals surface area (Å²) >= 11 is 0. The van der Waals surface area contributed by atoms with Crippen LogP contribution in [0.1, 0.15) is 6.92 Å². The van der Waals surface area contributed by atoms with Gasteiger partial charge in [0.05, 0.1) is 12.8 Å². The van der Waals surface area contributed by atoms with Crippen LogP contribution in [0.2, 0.25) is 0 Å². The normalized spacial score (nSPS) is 9.17. The van der Waals surface area contributed by atoms with Gasteiger partial charge in [-0.25, -0.2) is 0 Å². The van der Waals surface area contributed by atoms with Gasteiger partial charge in [-0.3, -0.25) is 4.79 Å². The second-order valence-corrected chi connectivity index (χ2v) is 2.31. The maximum atomic E-state index is 10.7. The lowest BCUT2D eigenvalue weighted by atomic mass is 10.3. The van der Waals surface area contributed by atoms with Crippen molar-refractivity contribution in [2.45, 2.75) is 6.92 Å². The number of amides is 1. The van der Waals surface area contributed by atoms with E-state index >= 15 is 0 Å². The van der Waals surface area contributed by atoms with Crippen LogP contribution < -0.4 is 10.1 Å². The summed E-state index contributed by atoms with van der Waals surface area (Å²) in [5.41, 5.74) is 0.646. The van der Waals surface area contributed by atoms with E-state index in [-0.39, 0.29) is 5.91 Å². The van der Waals surface area contributed by atoms with Gasteiger partial charge in [0.15, 0.2) is 0 Å². The van der Waals surface area contributed by atoms with E-state index in [1.807, 2.05) is 0 Å². The van der Waals surface area contributed by atoms with Gasteiger partial charge in [-0.05, 0) is 18.2 Å². The molecule has 63 valence electrons. The number of rotatable bonds is 2. The molecule has 0 aliphatic rings. The lowest BCUT2D eigenvalue weighted by molar-refractivity contribution is -0.114. The molecule has 0 fully saturated rings. The van der Waals surface area contributed by atoms with Crippen molar-refractivity contribution < 1.29 is 9.53 Å². The van der Waals surface area contributed by atoms with Gasteiger partial charge in [0.2, 0.25) is 5.91 Å². The van der Waals surface area contributed by atoms with E-state index in [0.717, 1.165) is 0 Å². The van der Waals surface area contributed by atoms with Gasteiger partial charge < -0.3 is 10.1 Å². The molecule has 0 aliphatic carbocycles. The molecule has 1 radical (unpaired) electrons. The number of carbonyl (C=O) groups is 1. The molecule has 1 aromatic rings. The number of ether oxygens (including phenoxy) is 1. The SMILES string of the molecule is COc1cc[c]cc1NC(C)=O. The van der Waals surface area contributed by atoms with E-state index in [0.29, 0.717) is 11.4 Å².